The van der Waals surface area contributed by atoms with Crippen molar-refractivity contribution < 1.29 is 0 Å². The maximum Gasteiger partial charge on any atom is 0.0443 e. The van der Waals surface area contributed by atoms with Gasteiger partial charge in [0.25, 0.3) is 0 Å². The summed E-state index contributed by atoms with van der Waals surface area (Å²) < 4.78 is 1.07. The van der Waals surface area contributed by atoms with Crippen LogP contribution in [0.25, 0.3) is 22.3 Å². The van der Waals surface area contributed by atoms with Gasteiger partial charge in [-0.3, -0.25) is 0 Å². The summed E-state index contributed by atoms with van der Waals surface area (Å²) in [6.45, 7) is 22.4. The molecule has 0 unspecified atom stereocenters. The van der Waals surface area contributed by atoms with Crippen molar-refractivity contribution in [3.63, 3.8) is 0 Å². The fourth-order valence-corrected chi connectivity index (χ4v) is 6.22. The highest BCUT2D eigenvalue weighted by Crippen LogP contribution is 2.38. The molecule has 0 aliphatic rings. The van der Waals surface area contributed by atoms with E-state index in [0.29, 0.717) is 0 Å². The summed E-state index contributed by atoms with van der Waals surface area (Å²) in [6.07, 6.45) is 0. The summed E-state index contributed by atoms with van der Waals surface area (Å²) in [7, 11) is 0. The molecule has 0 saturated heterocycles. The molecule has 0 atom stereocenters. The van der Waals surface area contributed by atoms with Gasteiger partial charge in [-0.1, -0.05) is 112 Å². The van der Waals surface area contributed by atoms with Gasteiger partial charge in [-0.05, 0) is 131 Å². The first-order valence-electron chi connectivity index (χ1n) is 15.9. The van der Waals surface area contributed by atoms with E-state index < -0.39 is 0 Å². The predicted octanol–water partition coefficient (Wildman–Crippen LogP) is 13.1. The van der Waals surface area contributed by atoms with Crippen molar-refractivity contribution in [3.05, 3.63) is 129 Å². The standard InChI is InChI=1S/C42H47BrN2/c1-26-21-32(41(5,6)7)22-27(2)39(26)44-35-17-13-30(14-18-35)37-20-19-36(25-38(37)31-11-15-34(43)16-12-31)45-40-28(3)23-33(24-29(40)4)42(8,9)10/h11-25,44-45H,1-10H3. The molecule has 2 N–H and O–H groups in total. The zero-order valence-electron chi connectivity index (χ0n) is 28.5. The van der Waals surface area contributed by atoms with Crippen molar-refractivity contribution in [1.29, 1.82) is 0 Å². The second-order valence-electron chi connectivity index (χ2n) is 14.6. The van der Waals surface area contributed by atoms with Gasteiger partial charge in [0.1, 0.15) is 0 Å². The zero-order chi connectivity index (χ0) is 32.7. The van der Waals surface area contributed by atoms with Crippen LogP contribution in [0.15, 0.2) is 95.5 Å². The lowest BCUT2D eigenvalue weighted by molar-refractivity contribution is 0.589. The maximum absolute atomic E-state index is 3.76. The van der Waals surface area contributed by atoms with E-state index in [2.05, 4.69) is 187 Å². The van der Waals surface area contributed by atoms with Gasteiger partial charge in [0.2, 0.25) is 0 Å². The molecule has 5 aromatic carbocycles. The van der Waals surface area contributed by atoms with E-state index in [9.17, 15) is 0 Å². The molecular weight excluding hydrogens is 612 g/mol. The molecule has 0 heterocycles. The smallest absolute Gasteiger partial charge is 0.0443 e. The van der Waals surface area contributed by atoms with E-state index in [1.165, 1.54) is 67.0 Å². The lowest BCUT2D eigenvalue weighted by atomic mass is 9.84. The van der Waals surface area contributed by atoms with Crippen molar-refractivity contribution in [1.82, 2.24) is 0 Å². The molecule has 0 bridgehead atoms. The van der Waals surface area contributed by atoms with Gasteiger partial charge in [0.15, 0.2) is 0 Å². The highest BCUT2D eigenvalue weighted by atomic mass is 79.9. The zero-order valence-corrected chi connectivity index (χ0v) is 30.1. The average Bonchev–Trinajstić information content (AvgIpc) is 2.96. The molecule has 0 spiro atoms. The van der Waals surface area contributed by atoms with Gasteiger partial charge in [-0.25, -0.2) is 0 Å². The fraction of sp³-hybridized carbons (Fsp3) is 0.286. The number of benzene rings is 5. The first-order chi connectivity index (χ1) is 21.1. The highest BCUT2D eigenvalue weighted by Gasteiger charge is 2.18. The summed E-state index contributed by atoms with van der Waals surface area (Å²) in [5, 5.41) is 7.46. The van der Waals surface area contributed by atoms with Crippen LogP contribution in [0.5, 0.6) is 0 Å². The Balaban J connectivity index is 1.48. The third-order valence-corrected chi connectivity index (χ3v) is 9.24. The molecule has 0 aromatic heterocycles. The van der Waals surface area contributed by atoms with Crippen molar-refractivity contribution in [2.75, 3.05) is 10.6 Å². The third-order valence-electron chi connectivity index (χ3n) is 8.71. The SMILES string of the molecule is Cc1cc(C(C)(C)C)cc(C)c1Nc1ccc(-c2ccc(Nc3c(C)cc(C(C)(C)C)cc3C)cc2-c2ccc(Br)cc2)cc1. The van der Waals surface area contributed by atoms with Gasteiger partial charge in [-0.15, -0.1) is 0 Å². The molecule has 45 heavy (non-hydrogen) atoms. The van der Waals surface area contributed by atoms with E-state index in [1.54, 1.807) is 0 Å². The van der Waals surface area contributed by atoms with E-state index in [-0.39, 0.29) is 10.8 Å². The summed E-state index contributed by atoms with van der Waals surface area (Å²) in [5.74, 6) is 0. The Bertz CT molecular complexity index is 1790. The van der Waals surface area contributed by atoms with E-state index in [1.807, 2.05) is 0 Å². The minimum Gasteiger partial charge on any atom is -0.355 e. The van der Waals surface area contributed by atoms with Crippen molar-refractivity contribution >= 4 is 38.7 Å². The van der Waals surface area contributed by atoms with Crippen LogP contribution in [0.2, 0.25) is 0 Å². The molecule has 0 radical (unpaired) electrons. The first-order valence-corrected chi connectivity index (χ1v) is 16.7. The van der Waals surface area contributed by atoms with Crippen LogP contribution in [0.3, 0.4) is 0 Å². The van der Waals surface area contributed by atoms with E-state index in [4.69, 9.17) is 0 Å². The van der Waals surface area contributed by atoms with Crippen LogP contribution in [0.4, 0.5) is 22.7 Å². The summed E-state index contributed by atoms with van der Waals surface area (Å²) in [5.41, 5.74) is 17.3. The second-order valence-corrected chi connectivity index (χ2v) is 15.5. The lowest BCUT2D eigenvalue weighted by Crippen LogP contribution is -2.12. The molecular formula is C42H47BrN2. The van der Waals surface area contributed by atoms with Crippen molar-refractivity contribution in [2.45, 2.75) is 80.1 Å². The molecule has 2 nitrogen and oxygen atoms in total. The average molecular weight is 660 g/mol. The Morgan fingerprint density at radius 1 is 0.444 bits per heavy atom. The summed E-state index contributed by atoms with van der Waals surface area (Å²) in [4.78, 5) is 0. The largest absolute Gasteiger partial charge is 0.355 e. The van der Waals surface area contributed by atoms with Gasteiger partial charge in [0, 0.05) is 27.2 Å². The minimum atomic E-state index is 0.115. The van der Waals surface area contributed by atoms with Crippen LogP contribution < -0.4 is 10.6 Å². The van der Waals surface area contributed by atoms with Crippen LogP contribution in [0.1, 0.15) is 74.9 Å². The molecule has 5 aromatic rings. The molecule has 3 heteroatoms. The number of anilines is 4. The van der Waals surface area contributed by atoms with Gasteiger partial charge in [0.05, 0.1) is 0 Å². The maximum atomic E-state index is 3.76. The van der Waals surface area contributed by atoms with Gasteiger partial charge < -0.3 is 10.6 Å². The lowest BCUT2D eigenvalue weighted by Gasteiger charge is -2.23. The topological polar surface area (TPSA) is 24.1 Å². The highest BCUT2D eigenvalue weighted by molar-refractivity contribution is 9.10. The normalized spacial score (nSPS) is 11.9. The number of hydrogen-bond donors (Lipinski definition) is 2. The summed E-state index contributed by atoms with van der Waals surface area (Å²) in [6, 6.07) is 33.4. The van der Waals surface area contributed by atoms with Crippen LogP contribution in [-0.2, 0) is 10.8 Å². The second kappa shape index (κ2) is 12.5. The van der Waals surface area contributed by atoms with E-state index in [0.717, 1.165) is 15.8 Å². The molecule has 0 saturated carbocycles. The Kier molecular flexibility index (Phi) is 9.06. The van der Waals surface area contributed by atoms with Crippen LogP contribution in [0, 0.1) is 27.7 Å². The molecule has 232 valence electrons. The molecule has 0 amide bonds. The monoisotopic (exact) mass is 658 g/mol. The first kappa shape index (κ1) is 32.6. The van der Waals surface area contributed by atoms with Crippen molar-refractivity contribution in [3.8, 4) is 22.3 Å². The van der Waals surface area contributed by atoms with E-state index >= 15 is 0 Å². The number of aryl methyl sites for hydroxylation is 4. The fourth-order valence-electron chi connectivity index (χ4n) is 5.95. The third kappa shape index (κ3) is 7.36. The van der Waals surface area contributed by atoms with Crippen molar-refractivity contribution in [2.24, 2.45) is 0 Å². The van der Waals surface area contributed by atoms with Gasteiger partial charge in [-0.2, -0.15) is 0 Å². The molecule has 0 aliphatic heterocycles. The molecule has 5 rings (SSSR count). The Morgan fingerprint density at radius 3 is 1.27 bits per heavy atom. The quantitative estimate of drug-likeness (QED) is 0.190. The summed E-state index contributed by atoms with van der Waals surface area (Å²) >= 11 is 3.62. The van der Waals surface area contributed by atoms with Crippen LogP contribution >= 0.6 is 15.9 Å². The number of nitrogens with one attached hydrogen (secondary N) is 2. The Morgan fingerprint density at radius 2 is 0.822 bits per heavy atom. The Hall–Kier alpha value is -3.82. The Labute approximate surface area is 279 Å². The number of rotatable bonds is 6. The number of hydrogen-bond acceptors (Lipinski definition) is 2. The predicted molar refractivity (Wildman–Crippen MR) is 201 cm³/mol. The molecule has 0 aliphatic carbocycles. The minimum absolute atomic E-state index is 0.115. The van der Waals surface area contributed by atoms with Crippen LogP contribution in [-0.4, -0.2) is 0 Å². The van der Waals surface area contributed by atoms with Gasteiger partial charge >= 0.3 is 0 Å². The molecule has 0 fully saturated rings. The number of halogens is 1.